The van der Waals surface area contributed by atoms with E-state index in [1.54, 1.807) is 24.3 Å². The number of nitrogens with two attached hydrogens (primary N) is 1. The Balaban J connectivity index is 2.24. The molecule has 0 radical (unpaired) electrons. The molecule has 96 valence electrons. The third-order valence-corrected chi connectivity index (χ3v) is 3.42. The fraction of sp³-hybridized carbons (Fsp3) is 0.385. The molecule has 1 aromatic rings. The minimum absolute atomic E-state index is 0.0190. The smallest absolute Gasteiger partial charge is 0.329 e. The number of amidine groups is 1. The van der Waals surface area contributed by atoms with Gasteiger partial charge in [-0.25, -0.2) is 4.79 Å². The number of carboxylic acids is 1. The summed E-state index contributed by atoms with van der Waals surface area (Å²) in [6, 6.07) is 7.01. The van der Waals surface area contributed by atoms with Crippen molar-refractivity contribution in [2.24, 2.45) is 5.73 Å². The van der Waals surface area contributed by atoms with E-state index in [1.807, 2.05) is 0 Å². The molecule has 2 rings (SSSR count). The first-order valence-corrected chi connectivity index (χ1v) is 5.99. The highest BCUT2D eigenvalue weighted by atomic mass is 16.4. The number of carboxylic acid groups (broad SMARTS) is 1. The maximum absolute atomic E-state index is 11.4. The number of benzene rings is 1. The molecule has 0 spiro atoms. The fourth-order valence-corrected chi connectivity index (χ4v) is 2.41. The van der Waals surface area contributed by atoms with Gasteiger partial charge in [0.1, 0.15) is 11.4 Å². The lowest BCUT2D eigenvalue weighted by atomic mass is 9.97. The summed E-state index contributed by atoms with van der Waals surface area (Å²) in [4.78, 5) is 11.4. The Hall–Kier alpha value is -2.04. The van der Waals surface area contributed by atoms with E-state index in [2.05, 4.69) is 5.32 Å². The van der Waals surface area contributed by atoms with Crippen LogP contribution in [0.3, 0.4) is 0 Å². The molecule has 0 heterocycles. The van der Waals surface area contributed by atoms with E-state index >= 15 is 0 Å². The van der Waals surface area contributed by atoms with Crippen molar-refractivity contribution in [3.05, 3.63) is 29.8 Å². The van der Waals surface area contributed by atoms with Crippen molar-refractivity contribution in [3.63, 3.8) is 0 Å². The highest BCUT2D eigenvalue weighted by Gasteiger charge is 2.41. The number of nitrogen functional groups attached to an aromatic ring is 1. The lowest BCUT2D eigenvalue weighted by Gasteiger charge is -2.26. The lowest BCUT2D eigenvalue weighted by Crippen LogP contribution is -2.43. The monoisotopic (exact) mass is 247 g/mol. The number of hydrogen-bond acceptors (Lipinski definition) is 3. The van der Waals surface area contributed by atoms with Crippen molar-refractivity contribution < 1.29 is 9.90 Å². The largest absolute Gasteiger partial charge is 0.480 e. The number of aliphatic carboxylic acids is 1. The number of anilines is 1. The topological polar surface area (TPSA) is 99.2 Å². The van der Waals surface area contributed by atoms with E-state index in [0.717, 1.165) is 12.8 Å². The summed E-state index contributed by atoms with van der Waals surface area (Å²) in [5.74, 6) is -0.831. The Kier molecular flexibility index (Phi) is 3.23. The van der Waals surface area contributed by atoms with Crippen molar-refractivity contribution in [1.29, 1.82) is 5.41 Å². The van der Waals surface area contributed by atoms with Crippen molar-refractivity contribution in [2.75, 3.05) is 5.32 Å². The van der Waals surface area contributed by atoms with Crippen molar-refractivity contribution in [1.82, 2.24) is 0 Å². The maximum Gasteiger partial charge on any atom is 0.329 e. The van der Waals surface area contributed by atoms with Gasteiger partial charge in [0.05, 0.1) is 0 Å². The van der Waals surface area contributed by atoms with E-state index in [0.29, 0.717) is 24.1 Å². The second-order valence-corrected chi connectivity index (χ2v) is 4.71. The summed E-state index contributed by atoms with van der Waals surface area (Å²) >= 11 is 0. The Bertz CT molecular complexity index is 479. The van der Waals surface area contributed by atoms with Crippen LogP contribution in [-0.2, 0) is 4.79 Å². The molecule has 1 aliphatic carbocycles. The molecule has 5 nitrogen and oxygen atoms in total. The van der Waals surface area contributed by atoms with Crippen LogP contribution in [0, 0.1) is 5.41 Å². The van der Waals surface area contributed by atoms with Crippen LogP contribution in [0.4, 0.5) is 5.69 Å². The number of nitrogens with one attached hydrogen (secondary N) is 2. The minimum atomic E-state index is -0.866. The van der Waals surface area contributed by atoms with Crippen LogP contribution in [0.25, 0.3) is 0 Å². The Morgan fingerprint density at radius 2 is 2.06 bits per heavy atom. The van der Waals surface area contributed by atoms with Gasteiger partial charge in [-0.3, -0.25) is 5.41 Å². The van der Waals surface area contributed by atoms with Crippen LogP contribution in [0.2, 0.25) is 0 Å². The number of carbonyl (C=O) groups is 1. The molecule has 1 aliphatic rings. The predicted molar refractivity (Wildman–Crippen MR) is 69.9 cm³/mol. The molecule has 18 heavy (non-hydrogen) atoms. The van der Waals surface area contributed by atoms with Gasteiger partial charge < -0.3 is 16.2 Å². The standard InChI is InChI=1S/C13H17N3O2/c14-11(15)9-4-3-5-10(8-9)16-13(12(17)18)6-1-2-7-13/h3-5,8,16H,1-2,6-7H2,(H3,14,15)(H,17,18). The van der Waals surface area contributed by atoms with Gasteiger partial charge in [0, 0.05) is 11.3 Å². The summed E-state index contributed by atoms with van der Waals surface area (Å²) in [6.07, 6.45) is 3.11. The summed E-state index contributed by atoms with van der Waals surface area (Å²) < 4.78 is 0. The van der Waals surface area contributed by atoms with Gasteiger partial charge in [0.25, 0.3) is 0 Å². The Morgan fingerprint density at radius 1 is 1.39 bits per heavy atom. The first-order chi connectivity index (χ1) is 8.53. The van der Waals surface area contributed by atoms with Crippen LogP contribution in [0.15, 0.2) is 24.3 Å². The minimum Gasteiger partial charge on any atom is -0.480 e. The molecule has 0 amide bonds. The van der Waals surface area contributed by atoms with Gasteiger partial charge in [-0.05, 0) is 25.0 Å². The van der Waals surface area contributed by atoms with Crippen LogP contribution in [-0.4, -0.2) is 22.5 Å². The number of hydrogen-bond donors (Lipinski definition) is 4. The summed E-state index contributed by atoms with van der Waals surface area (Å²) in [6.45, 7) is 0. The normalized spacial score (nSPS) is 17.3. The summed E-state index contributed by atoms with van der Waals surface area (Å²) in [5.41, 5.74) is 5.85. The first-order valence-electron chi connectivity index (χ1n) is 5.99. The lowest BCUT2D eigenvalue weighted by molar-refractivity contribution is -0.142. The molecular formula is C13H17N3O2. The third kappa shape index (κ3) is 2.30. The SMILES string of the molecule is N=C(N)c1cccc(NC2(C(=O)O)CCCC2)c1. The van der Waals surface area contributed by atoms with E-state index in [9.17, 15) is 9.90 Å². The van der Waals surface area contributed by atoms with E-state index < -0.39 is 11.5 Å². The molecule has 1 aromatic carbocycles. The summed E-state index contributed by atoms with van der Waals surface area (Å²) in [7, 11) is 0. The van der Waals surface area contributed by atoms with Crippen LogP contribution < -0.4 is 11.1 Å². The molecule has 0 bridgehead atoms. The van der Waals surface area contributed by atoms with Crippen molar-refractivity contribution in [2.45, 2.75) is 31.2 Å². The van der Waals surface area contributed by atoms with Crippen molar-refractivity contribution >= 4 is 17.5 Å². The zero-order valence-electron chi connectivity index (χ0n) is 10.1. The molecule has 1 fully saturated rings. The molecule has 1 saturated carbocycles. The Labute approximate surface area is 106 Å². The quantitative estimate of drug-likeness (QED) is 0.481. The maximum atomic E-state index is 11.4. The van der Waals surface area contributed by atoms with E-state index in [1.165, 1.54) is 0 Å². The zero-order valence-corrected chi connectivity index (χ0v) is 10.1. The van der Waals surface area contributed by atoms with Gasteiger partial charge in [-0.2, -0.15) is 0 Å². The third-order valence-electron chi connectivity index (χ3n) is 3.42. The number of rotatable bonds is 4. The zero-order chi connectivity index (χ0) is 13.2. The molecule has 5 N–H and O–H groups in total. The van der Waals surface area contributed by atoms with Gasteiger partial charge in [-0.15, -0.1) is 0 Å². The van der Waals surface area contributed by atoms with Crippen LogP contribution in [0.5, 0.6) is 0 Å². The van der Waals surface area contributed by atoms with Gasteiger partial charge in [-0.1, -0.05) is 25.0 Å². The highest BCUT2D eigenvalue weighted by Crippen LogP contribution is 2.33. The fourth-order valence-electron chi connectivity index (χ4n) is 2.41. The second kappa shape index (κ2) is 4.68. The molecule has 0 atom stereocenters. The summed E-state index contributed by atoms with van der Waals surface area (Å²) in [5, 5.41) is 19.9. The molecule has 0 aromatic heterocycles. The predicted octanol–water partition coefficient (Wildman–Crippen LogP) is 1.78. The van der Waals surface area contributed by atoms with Crippen LogP contribution >= 0.6 is 0 Å². The highest BCUT2D eigenvalue weighted by molar-refractivity contribution is 5.96. The second-order valence-electron chi connectivity index (χ2n) is 4.71. The molecule has 0 saturated heterocycles. The van der Waals surface area contributed by atoms with Crippen LogP contribution in [0.1, 0.15) is 31.2 Å². The van der Waals surface area contributed by atoms with Gasteiger partial charge in [0.2, 0.25) is 0 Å². The first kappa shape index (κ1) is 12.4. The molecule has 0 aliphatic heterocycles. The molecule has 0 unspecified atom stereocenters. The average molecular weight is 247 g/mol. The van der Waals surface area contributed by atoms with E-state index in [4.69, 9.17) is 11.1 Å². The molecule has 5 heteroatoms. The van der Waals surface area contributed by atoms with Crippen molar-refractivity contribution in [3.8, 4) is 0 Å². The average Bonchev–Trinajstić information content (AvgIpc) is 2.79. The van der Waals surface area contributed by atoms with Gasteiger partial charge in [0.15, 0.2) is 0 Å². The Morgan fingerprint density at radius 3 is 2.61 bits per heavy atom. The van der Waals surface area contributed by atoms with E-state index in [-0.39, 0.29) is 5.84 Å². The van der Waals surface area contributed by atoms with Gasteiger partial charge >= 0.3 is 5.97 Å². The molecular weight excluding hydrogens is 230 g/mol.